The monoisotopic (exact) mass is 181 g/mol. The van der Waals surface area contributed by atoms with Crippen molar-refractivity contribution in [1.82, 2.24) is 5.01 Å². The second kappa shape index (κ2) is 3.32. The van der Waals surface area contributed by atoms with Gasteiger partial charge in [-0.3, -0.25) is 5.01 Å². The van der Waals surface area contributed by atoms with Gasteiger partial charge < -0.3 is 10.8 Å². The molecule has 0 fully saturated rings. The van der Waals surface area contributed by atoms with E-state index in [9.17, 15) is 4.79 Å². The van der Waals surface area contributed by atoms with E-state index in [1.165, 1.54) is 23.5 Å². The molecule has 0 spiro atoms. The molecule has 0 amide bonds. The van der Waals surface area contributed by atoms with Crippen molar-refractivity contribution in [1.29, 1.82) is 0 Å². The molecule has 1 rings (SSSR count). The molecule has 0 aromatic carbocycles. The standard InChI is InChI=1S/C8H11N3O2/c1-5-6(8(12)13)2-3-11(10)7(5)4-9/h2-4H,9-10H2,1H3,(H,12,13)/b7-4-. The first-order valence-corrected chi connectivity index (χ1v) is 3.66. The summed E-state index contributed by atoms with van der Waals surface area (Å²) in [6.45, 7) is 1.66. The van der Waals surface area contributed by atoms with E-state index >= 15 is 0 Å². The number of carboxylic acid groups (broad SMARTS) is 1. The van der Waals surface area contributed by atoms with Crippen LogP contribution in [-0.4, -0.2) is 16.1 Å². The highest BCUT2D eigenvalue weighted by molar-refractivity contribution is 5.92. The predicted octanol–water partition coefficient (Wildman–Crippen LogP) is -0.109. The highest BCUT2D eigenvalue weighted by atomic mass is 16.4. The average Bonchev–Trinajstić information content (AvgIpc) is 2.04. The minimum Gasteiger partial charge on any atom is -0.478 e. The number of aliphatic carboxylic acids is 1. The molecule has 0 aliphatic carbocycles. The topological polar surface area (TPSA) is 92.6 Å². The van der Waals surface area contributed by atoms with Crippen LogP contribution < -0.4 is 11.6 Å². The number of hydrogen-bond acceptors (Lipinski definition) is 4. The summed E-state index contributed by atoms with van der Waals surface area (Å²) in [4.78, 5) is 10.7. The SMILES string of the molecule is CC1=C(C(=O)O)C=CN(N)/C1=C\N. The number of hydrogen-bond donors (Lipinski definition) is 3. The van der Waals surface area contributed by atoms with Gasteiger partial charge in [0, 0.05) is 12.4 Å². The van der Waals surface area contributed by atoms with E-state index < -0.39 is 5.97 Å². The van der Waals surface area contributed by atoms with Crippen molar-refractivity contribution in [3.63, 3.8) is 0 Å². The minimum atomic E-state index is -0.985. The molecule has 70 valence electrons. The molecule has 0 radical (unpaired) electrons. The molecule has 0 atom stereocenters. The molecule has 0 bridgehead atoms. The number of allylic oxidation sites excluding steroid dienone is 1. The van der Waals surface area contributed by atoms with Gasteiger partial charge in [0.1, 0.15) is 0 Å². The Bertz CT molecular complexity index is 328. The molecule has 5 N–H and O–H groups in total. The van der Waals surface area contributed by atoms with Crippen LogP contribution in [0.2, 0.25) is 0 Å². The fourth-order valence-corrected chi connectivity index (χ4v) is 1.13. The lowest BCUT2D eigenvalue weighted by atomic mass is 10.0. The molecule has 1 aliphatic rings. The van der Waals surface area contributed by atoms with Gasteiger partial charge in [-0.25, -0.2) is 10.6 Å². The Balaban J connectivity index is 3.18. The number of carboxylic acids is 1. The van der Waals surface area contributed by atoms with E-state index in [2.05, 4.69) is 0 Å². The third-order valence-electron chi connectivity index (χ3n) is 1.86. The molecule has 5 nitrogen and oxygen atoms in total. The predicted molar refractivity (Wildman–Crippen MR) is 47.8 cm³/mol. The summed E-state index contributed by atoms with van der Waals surface area (Å²) in [6, 6.07) is 0. The largest absolute Gasteiger partial charge is 0.478 e. The molecule has 13 heavy (non-hydrogen) atoms. The molecule has 5 heteroatoms. The first-order valence-electron chi connectivity index (χ1n) is 3.66. The molecule has 0 aromatic rings. The van der Waals surface area contributed by atoms with Gasteiger partial charge in [-0.2, -0.15) is 0 Å². The summed E-state index contributed by atoms with van der Waals surface area (Å²) in [6.07, 6.45) is 4.17. The number of nitrogens with two attached hydrogens (primary N) is 2. The van der Waals surface area contributed by atoms with Gasteiger partial charge in [0.05, 0.1) is 11.3 Å². The van der Waals surface area contributed by atoms with Gasteiger partial charge in [0.25, 0.3) is 0 Å². The second-order valence-electron chi connectivity index (χ2n) is 2.62. The first kappa shape index (κ1) is 9.34. The average molecular weight is 181 g/mol. The van der Waals surface area contributed by atoms with Crippen molar-refractivity contribution < 1.29 is 9.90 Å². The van der Waals surface area contributed by atoms with Crippen molar-refractivity contribution in [2.75, 3.05) is 0 Å². The van der Waals surface area contributed by atoms with Crippen molar-refractivity contribution >= 4 is 5.97 Å². The Morgan fingerprint density at radius 3 is 2.77 bits per heavy atom. The lowest BCUT2D eigenvalue weighted by molar-refractivity contribution is -0.132. The quantitative estimate of drug-likeness (QED) is 0.491. The van der Waals surface area contributed by atoms with Crippen LogP contribution >= 0.6 is 0 Å². The third-order valence-corrected chi connectivity index (χ3v) is 1.86. The Kier molecular flexibility index (Phi) is 2.39. The molecular formula is C8H11N3O2. The number of hydrazine groups is 1. The Morgan fingerprint density at radius 1 is 1.69 bits per heavy atom. The molecule has 1 heterocycles. The highest BCUT2D eigenvalue weighted by Crippen LogP contribution is 2.21. The maximum Gasteiger partial charge on any atom is 0.336 e. The van der Waals surface area contributed by atoms with Gasteiger partial charge in [0.15, 0.2) is 0 Å². The zero-order valence-corrected chi connectivity index (χ0v) is 7.19. The summed E-state index contributed by atoms with van der Waals surface area (Å²) in [5.41, 5.74) is 6.56. The van der Waals surface area contributed by atoms with E-state index in [0.29, 0.717) is 11.3 Å². The molecular weight excluding hydrogens is 170 g/mol. The fraction of sp³-hybridized carbons (Fsp3) is 0.125. The van der Waals surface area contributed by atoms with Crippen molar-refractivity contribution in [2.45, 2.75) is 6.92 Å². The van der Waals surface area contributed by atoms with Gasteiger partial charge in [-0.05, 0) is 18.6 Å². The summed E-state index contributed by atoms with van der Waals surface area (Å²) < 4.78 is 0. The maximum absolute atomic E-state index is 10.7. The molecule has 0 saturated carbocycles. The summed E-state index contributed by atoms with van der Waals surface area (Å²) in [5, 5.41) is 10.1. The lowest BCUT2D eigenvalue weighted by Crippen LogP contribution is -2.29. The van der Waals surface area contributed by atoms with Gasteiger partial charge >= 0.3 is 5.97 Å². The summed E-state index contributed by atoms with van der Waals surface area (Å²) in [5.74, 6) is 4.53. The van der Waals surface area contributed by atoms with Crippen LogP contribution in [0.25, 0.3) is 0 Å². The van der Waals surface area contributed by atoms with Crippen molar-refractivity contribution in [2.24, 2.45) is 11.6 Å². The van der Waals surface area contributed by atoms with E-state index in [1.807, 2.05) is 0 Å². The van der Waals surface area contributed by atoms with E-state index in [4.69, 9.17) is 16.7 Å². The Hall–Kier alpha value is -1.75. The maximum atomic E-state index is 10.7. The lowest BCUT2D eigenvalue weighted by Gasteiger charge is -2.22. The Morgan fingerprint density at radius 2 is 2.31 bits per heavy atom. The smallest absolute Gasteiger partial charge is 0.336 e. The third kappa shape index (κ3) is 1.54. The normalized spacial score (nSPS) is 19.8. The molecule has 0 aromatic heterocycles. The van der Waals surface area contributed by atoms with Crippen LogP contribution in [0.3, 0.4) is 0 Å². The summed E-state index contributed by atoms with van der Waals surface area (Å²) in [7, 11) is 0. The van der Waals surface area contributed by atoms with E-state index in [-0.39, 0.29) is 5.57 Å². The fourth-order valence-electron chi connectivity index (χ4n) is 1.13. The molecule has 1 aliphatic heterocycles. The Labute approximate surface area is 75.6 Å². The van der Waals surface area contributed by atoms with Crippen LogP contribution in [0, 0.1) is 0 Å². The van der Waals surface area contributed by atoms with Gasteiger partial charge in [-0.1, -0.05) is 0 Å². The first-order chi connectivity index (χ1) is 6.07. The van der Waals surface area contributed by atoms with Gasteiger partial charge in [-0.15, -0.1) is 0 Å². The van der Waals surface area contributed by atoms with Crippen LogP contribution in [0.15, 0.2) is 35.3 Å². The van der Waals surface area contributed by atoms with Crippen LogP contribution in [0.1, 0.15) is 6.92 Å². The zero-order valence-electron chi connectivity index (χ0n) is 7.19. The number of rotatable bonds is 1. The van der Waals surface area contributed by atoms with Crippen LogP contribution in [0.5, 0.6) is 0 Å². The zero-order chi connectivity index (χ0) is 10.0. The van der Waals surface area contributed by atoms with Crippen molar-refractivity contribution in [3.05, 3.63) is 35.3 Å². The minimum absolute atomic E-state index is 0.207. The van der Waals surface area contributed by atoms with Crippen molar-refractivity contribution in [3.8, 4) is 0 Å². The van der Waals surface area contributed by atoms with Crippen LogP contribution in [0.4, 0.5) is 0 Å². The number of nitrogens with zero attached hydrogens (tertiary/aromatic N) is 1. The number of carbonyl (C=O) groups is 1. The highest BCUT2D eigenvalue weighted by Gasteiger charge is 2.17. The molecule has 0 unspecified atom stereocenters. The molecule has 0 saturated heterocycles. The second-order valence-corrected chi connectivity index (χ2v) is 2.62. The van der Waals surface area contributed by atoms with E-state index in [0.717, 1.165) is 0 Å². The van der Waals surface area contributed by atoms with Crippen LogP contribution in [-0.2, 0) is 4.79 Å². The summed E-state index contributed by atoms with van der Waals surface area (Å²) >= 11 is 0. The van der Waals surface area contributed by atoms with E-state index in [1.54, 1.807) is 6.92 Å². The van der Waals surface area contributed by atoms with Gasteiger partial charge in [0.2, 0.25) is 0 Å².